The van der Waals surface area contributed by atoms with Gasteiger partial charge in [0.15, 0.2) is 0 Å². The first kappa shape index (κ1) is 19.6. The number of ether oxygens (including phenoxy) is 1. The number of benzene rings is 1. The normalized spacial score (nSPS) is 12.1. The minimum absolute atomic E-state index is 0.00557. The van der Waals surface area contributed by atoms with Crippen LogP contribution in [-0.2, 0) is 10.8 Å². The van der Waals surface area contributed by atoms with Gasteiger partial charge < -0.3 is 4.74 Å². The maximum atomic E-state index is 6.30. The molecule has 1 aromatic rings. The van der Waals surface area contributed by atoms with Crippen molar-refractivity contribution in [2.45, 2.75) is 85.0 Å². The Morgan fingerprint density at radius 2 is 1.43 bits per heavy atom. The highest BCUT2D eigenvalue weighted by Gasteiger charge is 2.27. The summed E-state index contributed by atoms with van der Waals surface area (Å²) in [5.74, 6) is 3.85. The number of hydrogen-bond acceptors (Lipinski definition) is 1. The van der Waals surface area contributed by atoms with Crippen molar-refractivity contribution in [2.24, 2.45) is 0 Å². The second-order valence-corrected chi connectivity index (χ2v) is 8.45. The monoisotopic (exact) mass is 314 g/mol. The molecule has 0 spiro atoms. The lowest BCUT2D eigenvalue weighted by molar-refractivity contribution is 0.289. The molecular formula is C22H34O. The SMILES string of the molecule is C#Cc1cc(C(C)(C)C)c(OCCCCCC)c(C(C)(C)C)c1. The van der Waals surface area contributed by atoms with E-state index >= 15 is 0 Å². The van der Waals surface area contributed by atoms with Crippen LogP contribution in [0.4, 0.5) is 0 Å². The highest BCUT2D eigenvalue weighted by molar-refractivity contribution is 5.54. The van der Waals surface area contributed by atoms with E-state index in [1.807, 2.05) is 0 Å². The Morgan fingerprint density at radius 1 is 0.913 bits per heavy atom. The van der Waals surface area contributed by atoms with E-state index in [1.54, 1.807) is 0 Å². The molecule has 0 radical (unpaired) electrons. The Hall–Kier alpha value is -1.42. The number of rotatable bonds is 6. The third-order valence-corrected chi connectivity index (χ3v) is 4.12. The summed E-state index contributed by atoms with van der Waals surface area (Å²) >= 11 is 0. The van der Waals surface area contributed by atoms with Gasteiger partial charge >= 0.3 is 0 Å². The van der Waals surface area contributed by atoms with Gasteiger partial charge in [-0.3, -0.25) is 0 Å². The molecule has 0 bridgehead atoms. The zero-order chi connectivity index (χ0) is 17.7. The molecule has 0 unspecified atom stereocenters. The predicted octanol–water partition coefficient (Wildman–Crippen LogP) is 6.22. The first-order valence-electron chi connectivity index (χ1n) is 8.89. The van der Waals surface area contributed by atoms with Gasteiger partial charge in [0.2, 0.25) is 0 Å². The van der Waals surface area contributed by atoms with Crippen LogP contribution in [-0.4, -0.2) is 6.61 Å². The smallest absolute Gasteiger partial charge is 0.126 e. The van der Waals surface area contributed by atoms with Gasteiger partial charge in [-0.1, -0.05) is 73.6 Å². The summed E-state index contributed by atoms with van der Waals surface area (Å²) in [5.41, 5.74) is 3.39. The maximum Gasteiger partial charge on any atom is 0.126 e. The molecule has 1 nitrogen and oxygen atoms in total. The number of terminal acetylenes is 1. The Morgan fingerprint density at radius 3 is 1.83 bits per heavy atom. The van der Waals surface area contributed by atoms with E-state index in [0.717, 1.165) is 24.3 Å². The average Bonchev–Trinajstić information content (AvgIpc) is 2.44. The molecule has 128 valence electrons. The highest BCUT2D eigenvalue weighted by Crippen LogP contribution is 2.40. The molecule has 0 aliphatic heterocycles. The first-order chi connectivity index (χ1) is 10.6. The Kier molecular flexibility index (Phi) is 6.75. The van der Waals surface area contributed by atoms with Crippen molar-refractivity contribution in [1.82, 2.24) is 0 Å². The molecule has 0 saturated carbocycles. The minimum Gasteiger partial charge on any atom is -0.493 e. The molecule has 0 aliphatic rings. The lowest BCUT2D eigenvalue weighted by atomic mass is 9.78. The topological polar surface area (TPSA) is 9.23 Å². The van der Waals surface area contributed by atoms with E-state index in [0.29, 0.717) is 0 Å². The molecule has 1 rings (SSSR count). The summed E-state index contributed by atoms with van der Waals surface area (Å²) < 4.78 is 6.30. The molecule has 0 aliphatic carbocycles. The van der Waals surface area contributed by atoms with Crippen LogP contribution in [0.3, 0.4) is 0 Å². The zero-order valence-corrected chi connectivity index (χ0v) is 16.2. The van der Waals surface area contributed by atoms with Crippen LogP contribution in [0.25, 0.3) is 0 Å². The summed E-state index contributed by atoms with van der Waals surface area (Å²) in [7, 11) is 0. The lowest BCUT2D eigenvalue weighted by Gasteiger charge is -2.30. The van der Waals surface area contributed by atoms with E-state index in [1.165, 1.54) is 30.4 Å². The second-order valence-electron chi connectivity index (χ2n) is 8.45. The fraction of sp³-hybridized carbons (Fsp3) is 0.636. The second kappa shape index (κ2) is 7.91. The third-order valence-electron chi connectivity index (χ3n) is 4.12. The standard InChI is InChI=1S/C22H34O/c1-9-11-12-13-14-23-20-18(21(3,4)5)15-17(10-2)16-19(20)22(6,7)8/h2,15-16H,9,11-14H2,1,3-8H3. The van der Waals surface area contributed by atoms with Crippen LogP contribution in [0, 0.1) is 12.3 Å². The van der Waals surface area contributed by atoms with Crippen molar-refractivity contribution < 1.29 is 4.74 Å². The van der Waals surface area contributed by atoms with Crippen LogP contribution < -0.4 is 4.74 Å². The zero-order valence-electron chi connectivity index (χ0n) is 16.2. The maximum absolute atomic E-state index is 6.30. The van der Waals surface area contributed by atoms with Crippen molar-refractivity contribution in [3.8, 4) is 18.1 Å². The molecule has 0 saturated heterocycles. The van der Waals surface area contributed by atoms with E-state index in [-0.39, 0.29) is 10.8 Å². The van der Waals surface area contributed by atoms with Crippen molar-refractivity contribution >= 4 is 0 Å². The van der Waals surface area contributed by atoms with Gasteiger partial charge in [0, 0.05) is 16.7 Å². The summed E-state index contributed by atoms with van der Waals surface area (Å²) in [5, 5.41) is 0. The van der Waals surface area contributed by atoms with Crippen LogP contribution in [0.15, 0.2) is 12.1 Å². The molecular weight excluding hydrogens is 280 g/mol. The van der Waals surface area contributed by atoms with Gasteiger partial charge in [0.25, 0.3) is 0 Å². The molecule has 0 aromatic heterocycles. The Balaban J connectivity index is 3.24. The van der Waals surface area contributed by atoms with Gasteiger partial charge in [-0.15, -0.1) is 6.42 Å². The van der Waals surface area contributed by atoms with Gasteiger partial charge in [-0.05, 0) is 29.4 Å². The average molecular weight is 315 g/mol. The van der Waals surface area contributed by atoms with Crippen LogP contribution in [0.5, 0.6) is 5.75 Å². The fourth-order valence-electron chi connectivity index (χ4n) is 2.68. The Labute approximate surface area is 143 Å². The van der Waals surface area contributed by atoms with Crippen molar-refractivity contribution in [1.29, 1.82) is 0 Å². The van der Waals surface area contributed by atoms with Crippen LogP contribution >= 0.6 is 0 Å². The molecule has 0 heterocycles. The lowest BCUT2D eigenvalue weighted by Crippen LogP contribution is -2.20. The van der Waals surface area contributed by atoms with Gasteiger partial charge in [0.1, 0.15) is 5.75 Å². The van der Waals surface area contributed by atoms with Gasteiger partial charge in [-0.2, -0.15) is 0 Å². The number of unbranched alkanes of at least 4 members (excludes halogenated alkanes) is 3. The predicted molar refractivity (Wildman–Crippen MR) is 101 cm³/mol. The van der Waals surface area contributed by atoms with Gasteiger partial charge in [0.05, 0.1) is 6.61 Å². The highest BCUT2D eigenvalue weighted by atomic mass is 16.5. The Bertz CT molecular complexity index is 512. The quantitative estimate of drug-likeness (QED) is 0.447. The molecule has 0 atom stereocenters. The molecule has 0 N–H and O–H groups in total. The number of hydrogen-bond donors (Lipinski definition) is 0. The summed E-state index contributed by atoms with van der Waals surface area (Å²) in [6, 6.07) is 4.24. The summed E-state index contributed by atoms with van der Waals surface area (Å²) in [4.78, 5) is 0. The molecule has 1 heteroatoms. The van der Waals surface area contributed by atoms with Crippen LogP contribution in [0.2, 0.25) is 0 Å². The molecule has 0 amide bonds. The van der Waals surface area contributed by atoms with Crippen LogP contribution in [0.1, 0.15) is 90.8 Å². The van der Waals surface area contributed by atoms with Crippen molar-refractivity contribution in [2.75, 3.05) is 6.61 Å². The van der Waals surface area contributed by atoms with E-state index in [4.69, 9.17) is 11.2 Å². The minimum atomic E-state index is 0.00557. The van der Waals surface area contributed by atoms with Crippen molar-refractivity contribution in [3.05, 3.63) is 28.8 Å². The van der Waals surface area contributed by atoms with Crippen molar-refractivity contribution in [3.63, 3.8) is 0 Å². The molecule has 0 fully saturated rings. The largest absolute Gasteiger partial charge is 0.493 e. The molecule has 23 heavy (non-hydrogen) atoms. The first-order valence-corrected chi connectivity index (χ1v) is 8.89. The third kappa shape index (κ3) is 5.61. The fourth-order valence-corrected chi connectivity index (χ4v) is 2.68. The van der Waals surface area contributed by atoms with E-state index in [2.05, 4.69) is 66.5 Å². The van der Waals surface area contributed by atoms with Gasteiger partial charge in [-0.25, -0.2) is 0 Å². The van der Waals surface area contributed by atoms with E-state index < -0.39 is 0 Å². The molecule has 1 aromatic carbocycles. The summed E-state index contributed by atoms with van der Waals surface area (Å²) in [6.07, 6.45) is 10.6. The van der Waals surface area contributed by atoms with E-state index in [9.17, 15) is 0 Å². The summed E-state index contributed by atoms with van der Waals surface area (Å²) in [6.45, 7) is 16.3.